The lowest BCUT2D eigenvalue weighted by molar-refractivity contribution is 0.0951. The first-order valence-corrected chi connectivity index (χ1v) is 9.82. The van der Waals surface area contributed by atoms with Gasteiger partial charge in [0.1, 0.15) is 16.9 Å². The van der Waals surface area contributed by atoms with Crippen molar-refractivity contribution in [3.63, 3.8) is 0 Å². The molecule has 0 saturated heterocycles. The van der Waals surface area contributed by atoms with Gasteiger partial charge in [-0.1, -0.05) is 55.8 Å². The first kappa shape index (κ1) is 18.9. The summed E-state index contributed by atoms with van der Waals surface area (Å²) >= 11 is 0. The molecule has 4 aromatic rings. The van der Waals surface area contributed by atoms with Crippen LogP contribution in [0.15, 0.2) is 48.5 Å². The van der Waals surface area contributed by atoms with Crippen molar-refractivity contribution in [2.75, 3.05) is 12.3 Å². The Bertz CT molecular complexity index is 1190. The van der Waals surface area contributed by atoms with Crippen molar-refractivity contribution in [2.24, 2.45) is 5.92 Å². The number of fused-ring (bicyclic) bond motifs is 2. The molecular weight excluding hydrogens is 362 g/mol. The summed E-state index contributed by atoms with van der Waals surface area (Å²) in [5, 5.41) is 2.96. The molecule has 0 unspecified atom stereocenters. The molecule has 0 saturated carbocycles. The summed E-state index contributed by atoms with van der Waals surface area (Å²) in [7, 11) is 0. The van der Waals surface area contributed by atoms with Gasteiger partial charge in [0, 0.05) is 6.54 Å². The van der Waals surface area contributed by atoms with Crippen molar-refractivity contribution >= 4 is 33.9 Å². The molecule has 6 nitrogen and oxygen atoms in total. The summed E-state index contributed by atoms with van der Waals surface area (Å²) in [5.41, 5.74) is 11.8. The monoisotopic (exact) mass is 387 g/mol. The molecule has 0 bridgehead atoms. The molecule has 2 aromatic carbocycles. The minimum atomic E-state index is -0.214. The topological polar surface area (TPSA) is 85.8 Å². The van der Waals surface area contributed by atoms with Gasteiger partial charge in [0.2, 0.25) is 0 Å². The number of nitrogens with two attached hydrogens (primary N) is 1. The molecular formula is C23H25N5O. The lowest BCUT2D eigenvalue weighted by atomic mass is 10.1. The van der Waals surface area contributed by atoms with Crippen LogP contribution in [0.2, 0.25) is 0 Å². The van der Waals surface area contributed by atoms with E-state index in [4.69, 9.17) is 15.7 Å². The second-order valence-corrected chi connectivity index (χ2v) is 7.82. The van der Waals surface area contributed by atoms with E-state index in [1.165, 1.54) is 5.56 Å². The second kappa shape index (κ2) is 7.54. The summed E-state index contributed by atoms with van der Waals surface area (Å²) in [6, 6.07) is 15.9. The summed E-state index contributed by atoms with van der Waals surface area (Å²) in [6.07, 6.45) is 0. The van der Waals surface area contributed by atoms with Crippen molar-refractivity contribution in [1.29, 1.82) is 0 Å². The van der Waals surface area contributed by atoms with Gasteiger partial charge < -0.3 is 15.6 Å². The highest BCUT2D eigenvalue weighted by Gasteiger charge is 2.24. The maximum absolute atomic E-state index is 13.0. The van der Waals surface area contributed by atoms with Crippen LogP contribution < -0.4 is 11.1 Å². The molecule has 2 heterocycles. The zero-order valence-electron chi connectivity index (χ0n) is 16.9. The smallest absolute Gasteiger partial charge is 0.257 e. The lowest BCUT2D eigenvalue weighted by Gasteiger charge is -2.09. The molecule has 3 N–H and O–H groups in total. The van der Waals surface area contributed by atoms with Gasteiger partial charge in [-0.05, 0) is 30.5 Å². The maximum Gasteiger partial charge on any atom is 0.257 e. The minimum absolute atomic E-state index is 0.214. The number of benzene rings is 2. The number of rotatable bonds is 5. The normalized spacial score (nSPS) is 11.4. The minimum Gasteiger partial charge on any atom is -0.384 e. The number of hydrogen-bond donors (Lipinski definition) is 2. The molecule has 2 aromatic heterocycles. The molecule has 29 heavy (non-hydrogen) atoms. The molecule has 0 fully saturated rings. The summed E-state index contributed by atoms with van der Waals surface area (Å²) in [5.74, 6) is 0.513. The SMILES string of the molecule is Cc1ccc(Cn2c(N)c(C(=O)NCC(C)C)c3nc4ccccc4nc32)cc1. The Labute approximate surface area is 169 Å². The standard InChI is InChI=1S/C23H25N5O/c1-14(2)12-25-23(29)19-20-22(27-18-7-5-4-6-17(18)26-20)28(21(19)24)13-16-10-8-15(3)9-11-16/h4-11,14H,12-13,24H2,1-3H3,(H,25,29). The highest BCUT2D eigenvalue weighted by Crippen LogP contribution is 2.28. The van der Waals surface area contributed by atoms with E-state index in [2.05, 4.69) is 50.4 Å². The number of aryl methyl sites for hydroxylation is 1. The fourth-order valence-corrected chi connectivity index (χ4v) is 3.36. The number of para-hydroxylation sites is 2. The number of nitrogen functional groups attached to an aromatic ring is 1. The Morgan fingerprint density at radius 1 is 1.07 bits per heavy atom. The number of nitrogens with one attached hydrogen (secondary N) is 1. The Balaban J connectivity index is 1.89. The van der Waals surface area contributed by atoms with Gasteiger partial charge in [-0.15, -0.1) is 0 Å². The molecule has 0 radical (unpaired) electrons. The third-order valence-corrected chi connectivity index (χ3v) is 4.95. The summed E-state index contributed by atoms with van der Waals surface area (Å²) < 4.78 is 1.88. The van der Waals surface area contributed by atoms with Crippen LogP contribution >= 0.6 is 0 Å². The third kappa shape index (κ3) is 3.66. The molecule has 0 aliphatic heterocycles. The molecule has 0 aliphatic carbocycles. The van der Waals surface area contributed by atoms with Crippen LogP contribution in [-0.4, -0.2) is 27.0 Å². The van der Waals surface area contributed by atoms with E-state index in [1.54, 1.807) is 0 Å². The van der Waals surface area contributed by atoms with E-state index in [0.717, 1.165) is 16.6 Å². The highest BCUT2D eigenvalue weighted by molar-refractivity contribution is 6.10. The average Bonchev–Trinajstić information content (AvgIpc) is 2.97. The summed E-state index contributed by atoms with van der Waals surface area (Å²) in [4.78, 5) is 22.5. The lowest BCUT2D eigenvalue weighted by Crippen LogP contribution is -2.28. The van der Waals surface area contributed by atoms with E-state index < -0.39 is 0 Å². The number of carbonyl (C=O) groups is 1. The number of anilines is 1. The summed E-state index contributed by atoms with van der Waals surface area (Å²) in [6.45, 7) is 7.25. The quantitative estimate of drug-likeness (QED) is 0.544. The Hall–Kier alpha value is -3.41. The Kier molecular flexibility index (Phi) is 4.92. The van der Waals surface area contributed by atoms with Gasteiger partial charge >= 0.3 is 0 Å². The average molecular weight is 387 g/mol. The molecule has 148 valence electrons. The van der Waals surface area contributed by atoms with Gasteiger partial charge in [0.15, 0.2) is 5.65 Å². The molecule has 0 spiro atoms. The number of hydrogen-bond acceptors (Lipinski definition) is 4. The fourth-order valence-electron chi connectivity index (χ4n) is 3.36. The van der Waals surface area contributed by atoms with Gasteiger partial charge in [-0.2, -0.15) is 0 Å². The highest BCUT2D eigenvalue weighted by atomic mass is 16.1. The van der Waals surface area contributed by atoms with E-state index in [-0.39, 0.29) is 5.91 Å². The molecule has 0 atom stereocenters. The molecule has 1 amide bonds. The van der Waals surface area contributed by atoms with Crippen LogP contribution in [0.3, 0.4) is 0 Å². The van der Waals surface area contributed by atoms with Gasteiger partial charge in [-0.3, -0.25) is 4.79 Å². The van der Waals surface area contributed by atoms with Crippen molar-refractivity contribution < 1.29 is 4.79 Å². The van der Waals surface area contributed by atoms with E-state index in [9.17, 15) is 4.79 Å². The largest absolute Gasteiger partial charge is 0.384 e. The van der Waals surface area contributed by atoms with Gasteiger partial charge in [-0.25, -0.2) is 9.97 Å². The number of nitrogens with zero attached hydrogens (tertiary/aromatic N) is 3. The fraction of sp³-hybridized carbons (Fsp3) is 0.261. The molecule has 6 heteroatoms. The first-order valence-electron chi connectivity index (χ1n) is 9.82. The van der Waals surface area contributed by atoms with Gasteiger partial charge in [0.05, 0.1) is 17.6 Å². The number of aromatic nitrogens is 3. The second-order valence-electron chi connectivity index (χ2n) is 7.82. The Morgan fingerprint density at radius 2 is 1.72 bits per heavy atom. The zero-order valence-corrected chi connectivity index (χ0v) is 16.9. The number of carbonyl (C=O) groups excluding carboxylic acids is 1. The predicted octanol–water partition coefficient (Wildman–Crippen LogP) is 3.91. The Morgan fingerprint density at radius 3 is 2.38 bits per heavy atom. The van der Waals surface area contributed by atoms with Crippen LogP contribution in [0.4, 0.5) is 5.82 Å². The van der Waals surface area contributed by atoms with Crippen LogP contribution in [0.1, 0.15) is 35.3 Å². The van der Waals surface area contributed by atoms with Crippen molar-refractivity contribution in [3.05, 3.63) is 65.2 Å². The van der Waals surface area contributed by atoms with Gasteiger partial charge in [0.25, 0.3) is 5.91 Å². The molecule has 4 rings (SSSR count). The van der Waals surface area contributed by atoms with Crippen LogP contribution in [-0.2, 0) is 6.54 Å². The molecule has 0 aliphatic rings. The van der Waals surface area contributed by atoms with Crippen molar-refractivity contribution in [1.82, 2.24) is 19.9 Å². The van der Waals surface area contributed by atoms with E-state index in [1.807, 2.05) is 28.8 Å². The van der Waals surface area contributed by atoms with E-state index in [0.29, 0.717) is 41.6 Å². The zero-order chi connectivity index (χ0) is 20.5. The number of amides is 1. The first-order chi connectivity index (χ1) is 13.9. The van der Waals surface area contributed by atoms with Crippen molar-refractivity contribution in [2.45, 2.75) is 27.3 Å². The van der Waals surface area contributed by atoms with Crippen LogP contribution in [0.25, 0.3) is 22.2 Å². The maximum atomic E-state index is 13.0. The predicted molar refractivity (Wildman–Crippen MR) is 117 cm³/mol. The van der Waals surface area contributed by atoms with Crippen LogP contribution in [0.5, 0.6) is 0 Å². The van der Waals surface area contributed by atoms with Crippen LogP contribution in [0, 0.1) is 12.8 Å². The third-order valence-electron chi connectivity index (χ3n) is 4.95. The van der Waals surface area contributed by atoms with E-state index >= 15 is 0 Å². The van der Waals surface area contributed by atoms with Crippen molar-refractivity contribution in [3.8, 4) is 0 Å².